The van der Waals surface area contributed by atoms with Crippen molar-refractivity contribution in [3.05, 3.63) is 98.9 Å². The van der Waals surface area contributed by atoms with Crippen LogP contribution in [0.1, 0.15) is 47.2 Å². The average molecular weight is 509 g/mol. The molecule has 8 heteroatoms. The number of hydrogen-bond donors (Lipinski definition) is 1. The third-order valence-electron chi connectivity index (χ3n) is 5.51. The fourth-order valence-corrected chi connectivity index (χ4v) is 4.26. The predicted molar refractivity (Wildman–Crippen MR) is 134 cm³/mol. The van der Waals surface area contributed by atoms with Crippen molar-refractivity contribution >= 4 is 29.2 Å². The molecule has 0 bridgehead atoms. The Balaban J connectivity index is 1.65. The summed E-state index contributed by atoms with van der Waals surface area (Å²) in [6.07, 6.45) is 1.98. The number of ether oxygens (including phenoxy) is 3. The number of nitrogens with zero attached hydrogens (tertiary/aromatic N) is 1. The molecule has 0 spiro atoms. The van der Waals surface area contributed by atoms with E-state index < -0.39 is 11.9 Å². The Morgan fingerprint density at radius 3 is 2.69 bits per heavy atom. The molecule has 0 saturated carbocycles. The van der Waals surface area contributed by atoms with Gasteiger partial charge in [-0.25, -0.2) is 4.79 Å². The van der Waals surface area contributed by atoms with E-state index in [0.717, 1.165) is 18.4 Å². The Labute approximate surface area is 213 Å². The fourth-order valence-electron chi connectivity index (χ4n) is 3.78. The van der Waals surface area contributed by atoms with Crippen LogP contribution in [0.5, 0.6) is 17.2 Å². The number of carbonyl (C=O) groups excluding carboxylic acids is 1. The zero-order chi connectivity index (χ0) is 24.9. The maximum Gasteiger partial charge on any atom is 0.345 e. The van der Waals surface area contributed by atoms with Crippen LogP contribution >= 0.6 is 23.2 Å². The van der Waals surface area contributed by atoms with Crippen LogP contribution in [-0.4, -0.2) is 12.6 Å². The number of carbonyl (C=O) groups is 1. The van der Waals surface area contributed by atoms with Gasteiger partial charge in [-0.2, -0.15) is 5.26 Å². The molecule has 1 aliphatic rings. The zero-order valence-electron chi connectivity index (χ0n) is 18.9. The quantitative estimate of drug-likeness (QED) is 0.219. The minimum absolute atomic E-state index is 0.00785. The number of rotatable bonds is 7. The SMILES string of the molecule is CCCCOc1cccc(C2C(C#N)=C(N)Oc3cc(OC(=O)c4ccc(Cl)cc4Cl)ccc32)c1. The van der Waals surface area contributed by atoms with E-state index in [-0.39, 0.29) is 22.2 Å². The fraction of sp³-hybridized carbons (Fsp3) is 0.185. The molecule has 0 saturated heterocycles. The molecule has 6 nitrogen and oxygen atoms in total. The number of allylic oxidation sites excluding steroid dienone is 1. The van der Waals surface area contributed by atoms with Crippen molar-refractivity contribution in [1.82, 2.24) is 0 Å². The van der Waals surface area contributed by atoms with Crippen molar-refractivity contribution < 1.29 is 19.0 Å². The van der Waals surface area contributed by atoms with Gasteiger partial charge in [-0.1, -0.05) is 54.7 Å². The lowest BCUT2D eigenvalue weighted by Crippen LogP contribution is -2.21. The molecule has 35 heavy (non-hydrogen) atoms. The monoisotopic (exact) mass is 508 g/mol. The first kappa shape index (κ1) is 24.5. The summed E-state index contributed by atoms with van der Waals surface area (Å²) >= 11 is 12.0. The largest absolute Gasteiger partial charge is 0.494 e. The smallest absolute Gasteiger partial charge is 0.345 e. The number of unbranched alkanes of at least 4 members (excludes halogenated alkanes) is 1. The van der Waals surface area contributed by atoms with Crippen molar-refractivity contribution in [2.45, 2.75) is 25.7 Å². The Bertz CT molecular complexity index is 1350. The molecule has 0 fully saturated rings. The molecule has 2 N–H and O–H groups in total. The van der Waals surface area contributed by atoms with Gasteiger partial charge in [0, 0.05) is 16.7 Å². The molecule has 3 aromatic carbocycles. The van der Waals surface area contributed by atoms with E-state index in [2.05, 4.69) is 13.0 Å². The van der Waals surface area contributed by atoms with Gasteiger partial charge in [0.05, 0.1) is 23.1 Å². The number of fused-ring (bicyclic) bond motifs is 1. The maximum atomic E-state index is 12.6. The third-order valence-corrected chi connectivity index (χ3v) is 6.06. The van der Waals surface area contributed by atoms with Crippen LogP contribution in [0.15, 0.2) is 72.1 Å². The van der Waals surface area contributed by atoms with Gasteiger partial charge < -0.3 is 19.9 Å². The van der Waals surface area contributed by atoms with E-state index in [4.69, 9.17) is 43.1 Å². The first-order valence-electron chi connectivity index (χ1n) is 11.0. The highest BCUT2D eigenvalue weighted by molar-refractivity contribution is 6.36. The van der Waals surface area contributed by atoms with E-state index in [1.807, 2.05) is 24.3 Å². The van der Waals surface area contributed by atoms with Crippen molar-refractivity contribution in [2.24, 2.45) is 5.73 Å². The minimum atomic E-state index is -0.642. The molecule has 1 aliphatic heterocycles. The summed E-state index contributed by atoms with van der Waals surface area (Å²) in [5, 5.41) is 10.4. The van der Waals surface area contributed by atoms with Crippen LogP contribution in [-0.2, 0) is 0 Å². The second kappa shape index (κ2) is 10.7. The van der Waals surface area contributed by atoms with Gasteiger partial charge in [0.15, 0.2) is 0 Å². The lowest BCUT2D eigenvalue weighted by Gasteiger charge is -2.27. The van der Waals surface area contributed by atoms with Crippen LogP contribution in [0.3, 0.4) is 0 Å². The first-order valence-corrected chi connectivity index (χ1v) is 11.8. The molecule has 0 amide bonds. The minimum Gasteiger partial charge on any atom is -0.494 e. The highest BCUT2D eigenvalue weighted by atomic mass is 35.5. The van der Waals surface area contributed by atoms with Gasteiger partial charge in [0.25, 0.3) is 0 Å². The molecule has 0 aliphatic carbocycles. The molecule has 1 heterocycles. The predicted octanol–water partition coefficient (Wildman–Crippen LogP) is 6.61. The second-order valence-electron chi connectivity index (χ2n) is 7.91. The van der Waals surface area contributed by atoms with Crippen LogP contribution < -0.4 is 19.9 Å². The van der Waals surface area contributed by atoms with Crippen molar-refractivity contribution in [2.75, 3.05) is 6.61 Å². The Kier molecular flexibility index (Phi) is 7.50. The number of benzene rings is 3. The van der Waals surface area contributed by atoms with Crippen molar-refractivity contribution in [3.63, 3.8) is 0 Å². The van der Waals surface area contributed by atoms with Crippen LogP contribution in [0, 0.1) is 11.3 Å². The highest BCUT2D eigenvalue weighted by Crippen LogP contribution is 2.44. The normalized spacial score (nSPS) is 14.5. The number of nitrogens with two attached hydrogens (primary N) is 1. The molecule has 0 radical (unpaired) electrons. The van der Waals surface area contributed by atoms with Gasteiger partial charge >= 0.3 is 5.97 Å². The van der Waals surface area contributed by atoms with Crippen LogP contribution in [0.2, 0.25) is 10.0 Å². The van der Waals surface area contributed by atoms with Crippen molar-refractivity contribution in [1.29, 1.82) is 5.26 Å². The summed E-state index contributed by atoms with van der Waals surface area (Å²) in [6, 6.07) is 19.2. The molecule has 1 unspecified atom stereocenters. The van der Waals surface area contributed by atoms with Crippen molar-refractivity contribution in [3.8, 4) is 23.3 Å². The van der Waals surface area contributed by atoms with E-state index >= 15 is 0 Å². The van der Waals surface area contributed by atoms with E-state index in [9.17, 15) is 10.1 Å². The van der Waals surface area contributed by atoms with Gasteiger partial charge in [0.2, 0.25) is 5.88 Å². The lowest BCUT2D eigenvalue weighted by atomic mass is 9.83. The standard InChI is InChI=1S/C27H22Cl2N2O4/c1-2-3-11-33-18-6-4-5-16(12-18)25-21-10-8-19(14-24(21)35-26(31)22(25)15-30)34-27(32)20-9-7-17(28)13-23(20)29/h4-10,12-14,25H,2-3,11,31H2,1H3. The molecule has 3 aromatic rings. The Morgan fingerprint density at radius 2 is 1.94 bits per heavy atom. The zero-order valence-corrected chi connectivity index (χ0v) is 20.4. The van der Waals surface area contributed by atoms with Gasteiger partial charge in [0.1, 0.15) is 28.9 Å². The molecule has 178 valence electrons. The van der Waals surface area contributed by atoms with Gasteiger partial charge in [-0.3, -0.25) is 0 Å². The summed E-state index contributed by atoms with van der Waals surface area (Å²) in [5.41, 5.74) is 8.13. The molecule has 1 atom stereocenters. The summed E-state index contributed by atoms with van der Waals surface area (Å²) in [7, 11) is 0. The maximum absolute atomic E-state index is 12.6. The lowest BCUT2D eigenvalue weighted by molar-refractivity contribution is 0.0734. The topological polar surface area (TPSA) is 94.6 Å². The summed E-state index contributed by atoms with van der Waals surface area (Å²) in [5.74, 6) is 0.225. The number of nitriles is 1. The average Bonchev–Trinajstić information content (AvgIpc) is 2.83. The van der Waals surface area contributed by atoms with Gasteiger partial charge in [-0.05, 0) is 48.4 Å². The molecule has 4 rings (SSSR count). The van der Waals surface area contributed by atoms with Crippen LogP contribution in [0.25, 0.3) is 0 Å². The molecular weight excluding hydrogens is 487 g/mol. The summed E-state index contributed by atoms with van der Waals surface area (Å²) in [4.78, 5) is 12.6. The Morgan fingerprint density at radius 1 is 1.11 bits per heavy atom. The highest BCUT2D eigenvalue weighted by Gasteiger charge is 2.31. The second-order valence-corrected chi connectivity index (χ2v) is 8.76. The number of halogens is 2. The van der Waals surface area contributed by atoms with Gasteiger partial charge in [-0.15, -0.1) is 0 Å². The third kappa shape index (κ3) is 5.37. The summed E-state index contributed by atoms with van der Waals surface area (Å²) in [6.45, 7) is 2.71. The molecule has 0 aromatic heterocycles. The van der Waals surface area contributed by atoms with E-state index in [1.165, 1.54) is 12.1 Å². The molecular formula is C27H22Cl2N2O4. The first-order chi connectivity index (χ1) is 16.9. The van der Waals surface area contributed by atoms with Crippen LogP contribution in [0.4, 0.5) is 0 Å². The Hall–Kier alpha value is -3.66. The van der Waals surface area contributed by atoms with E-state index in [0.29, 0.717) is 34.3 Å². The summed E-state index contributed by atoms with van der Waals surface area (Å²) < 4.78 is 17.1. The number of esters is 1. The van der Waals surface area contributed by atoms with E-state index in [1.54, 1.807) is 24.3 Å². The number of hydrogen-bond acceptors (Lipinski definition) is 6.